The van der Waals surface area contributed by atoms with Gasteiger partial charge in [-0.2, -0.15) is 0 Å². The summed E-state index contributed by atoms with van der Waals surface area (Å²) in [7, 11) is 0. The van der Waals surface area contributed by atoms with Gasteiger partial charge < -0.3 is 16.0 Å². The van der Waals surface area contributed by atoms with Crippen molar-refractivity contribution in [2.45, 2.75) is 71.3 Å². The quantitative estimate of drug-likeness (QED) is 0.312. The van der Waals surface area contributed by atoms with E-state index in [0.29, 0.717) is 22.8 Å². The number of carbonyl (C=O) groups is 2. The molecule has 4 rings (SSSR count). The molecular weight excluding hydrogens is 524 g/mol. The van der Waals surface area contributed by atoms with Crippen LogP contribution in [0.3, 0.4) is 0 Å². The van der Waals surface area contributed by atoms with Gasteiger partial charge in [0.05, 0.1) is 10.9 Å². The van der Waals surface area contributed by atoms with Gasteiger partial charge in [0.2, 0.25) is 12.3 Å². The molecule has 2 fully saturated rings. The molecule has 1 aliphatic carbocycles. The van der Waals surface area contributed by atoms with Gasteiger partial charge in [0.1, 0.15) is 5.82 Å². The Morgan fingerprint density at radius 1 is 1.11 bits per heavy atom. The maximum atomic E-state index is 14.7. The highest BCUT2D eigenvalue weighted by Crippen LogP contribution is 2.39. The molecule has 0 aromatic heterocycles. The molecule has 0 spiro atoms. The number of amides is 2. The molecule has 2 aromatic carbocycles. The summed E-state index contributed by atoms with van der Waals surface area (Å²) in [6.45, 7) is 7.81. The first-order valence-electron chi connectivity index (χ1n) is 13.5. The van der Waals surface area contributed by atoms with Gasteiger partial charge in [0, 0.05) is 35.8 Å². The van der Waals surface area contributed by atoms with Crippen molar-refractivity contribution in [2.24, 2.45) is 17.3 Å². The molecule has 3 N–H and O–H groups in total. The molecule has 1 heterocycles. The van der Waals surface area contributed by atoms with Gasteiger partial charge in [0.15, 0.2) is 0 Å². The van der Waals surface area contributed by atoms with Crippen molar-refractivity contribution < 1.29 is 14.0 Å². The average Bonchev–Trinajstić information content (AvgIpc) is 3.27. The van der Waals surface area contributed by atoms with E-state index in [-0.39, 0.29) is 28.3 Å². The molecule has 8 heteroatoms. The van der Waals surface area contributed by atoms with Crippen molar-refractivity contribution in [3.63, 3.8) is 0 Å². The van der Waals surface area contributed by atoms with Crippen LogP contribution in [-0.4, -0.2) is 31.4 Å². The Bertz CT molecular complexity index is 1070. The monoisotopic (exact) mass is 563 g/mol. The largest absolute Gasteiger partial charge is 0.358 e. The lowest BCUT2D eigenvalue weighted by molar-refractivity contribution is -0.120. The lowest BCUT2D eigenvalue weighted by Gasteiger charge is -2.29. The molecule has 5 nitrogen and oxygen atoms in total. The first-order valence-corrected chi connectivity index (χ1v) is 14.3. The van der Waals surface area contributed by atoms with Gasteiger partial charge in [-0.1, -0.05) is 81.4 Å². The summed E-state index contributed by atoms with van der Waals surface area (Å²) in [5, 5.41) is 9.75. The molecule has 1 saturated carbocycles. The zero-order chi connectivity index (χ0) is 27.7. The predicted octanol–water partition coefficient (Wildman–Crippen LogP) is 7.19. The Morgan fingerprint density at radius 2 is 1.82 bits per heavy atom. The minimum absolute atomic E-state index is 0.0218. The third-order valence-electron chi connectivity index (χ3n) is 7.29. The Morgan fingerprint density at radius 3 is 2.47 bits per heavy atom. The highest BCUT2D eigenvalue weighted by molar-refractivity contribution is 6.31. The van der Waals surface area contributed by atoms with Crippen molar-refractivity contribution in [2.75, 3.05) is 18.4 Å². The van der Waals surface area contributed by atoms with Crippen LogP contribution < -0.4 is 16.0 Å². The van der Waals surface area contributed by atoms with E-state index < -0.39 is 11.7 Å². The van der Waals surface area contributed by atoms with Crippen LogP contribution in [0.25, 0.3) is 0 Å². The molecule has 38 heavy (non-hydrogen) atoms. The Balaban J connectivity index is 0.000000336. The maximum Gasteiger partial charge on any atom is 0.229 e. The zero-order valence-electron chi connectivity index (χ0n) is 22.5. The van der Waals surface area contributed by atoms with Crippen molar-refractivity contribution in [3.05, 3.63) is 63.9 Å². The number of rotatable bonds is 7. The lowest BCUT2D eigenvalue weighted by atomic mass is 9.78. The first-order chi connectivity index (χ1) is 18.1. The molecule has 3 atom stereocenters. The molecule has 0 radical (unpaired) electrons. The van der Waals surface area contributed by atoms with Crippen LogP contribution in [-0.2, 0) is 9.59 Å². The Kier molecular flexibility index (Phi) is 11.4. The van der Waals surface area contributed by atoms with Gasteiger partial charge >= 0.3 is 0 Å². The molecule has 208 valence electrons. The number of hydrogen-bond donors (Lipinski definition) is 3. The van der Waals surface area contributed by atoms with E-state index in [0.717, 1.165) is 25.3 Å². The summed E-state index contributed by atoms with van der Waals surface area (Å²) < 4.78 is 14.7. The summed E-state index contributed by atoms with van der Waals surface area (Å²) in [5.74, 6) is -0.561. The molecule has 1 aliphatic heterocycles. The molecule has 3 unspecified atom stereocenters. The summed E-state index contributed by atoms with van der Waals surface area (Å²) in [6, 6.07) is 11.9. The van der Waals surface area contributed by atoms with Gasteiger partial charge in [-0.3, -0.25) is 9.59 Å². The number of anilines is 1. The SMILES string of the molecule is CC(C)(C)CC1NCC(c2cccc(Cl)c2F)C1C(=O)Nc1cccc(Cl)c1.O=CNCC1CCCCC1. The number of carbonyl (C=O) groups excluding carboxylic acids is 2. The standard InChI is InChI=1S/C22H25Cl2FN2O.C8H15NO/c1-22(2,3)11-18-19(21(28)27-14-7-4-6-13(23)10-14)16(12-26-18)15-8-5-9-17(24)20(15)25;10-7-9-6-8-4-2-1-3-5-8/h4-10,16,18-19,26H,11-12H2,1-3H3,(H,27,28);7-8H,1-6H2,(H,9,10). The minimum atomic E-state index is -0.451. The summed E-state index contributed by atoms with van der Waals surface area (Å²) in [4.78, 5) is 23.2. The van der Waals surface area contributed by atoms with Gasteiger partial charge in [-0.05, 0) is 60.4 Å². The second-order valence-electron chi connectivity index (χ2n) is 11.6. The Hall–Kier alpha value is -2.15. The number of halogens is 3. The van der Waals surface area contributed by atoms with E-state index in [1.165, 1.54) is 38.2 Å². The highest BCUT2D eigenvalue weighted by atomic mass is 35.5. The predicted molar refractivity (Wildman–Crippen MR) is 154 cm³/mol. The zero-order valence-corrected chi connectivity index (χ0v) is 24.0. The van der Waals surface area contributed by atoms with E-state index in [4.69, 9.17) is 23.2 Å². The molecular formula is C30H40Cl2FN3O2. The Labute approximate surface area is 236 Å². The van der Waals surface area contributed by atoms with Gasteiger partial charge in [-0.25, -0.2) is 4.39 Å². The maximum absolute atomic E-state index is 14.7. The van der Waals surface area contributed by atoms with E-state index in [1.54, 1.807) is 36.4 Å². The smallest absolute Gasteiger partial charge is 0.229 e. The number of hydrogen-bond acceptors (Lipinski definition) is 3. The first kappa shape index (κ1) is 30.4. The fourth-order valence-electron chi connectivity index (χ4n) is 5.55. The third kappa shape index (κ3) is 8.96. The molecule has 0 bridgehead atoms. The molecule has 1 saturated heterocycles. The summed E-state index contributed by atoms with van der Waals surface area (Å²) >= 11 is 12.0. The minimum Gasteiger partial charge on any atom is -0.358 e. The molecule has 2 aromatic rings. The van der Waals surface area contributed by atoms with Crippen LogP contribution in [0, 0.1) is 23.1 Å². The van der Waals surface area contributed by atoms with Crippen LogP contribution in [0.4, 0.5) is 10.1 Å². The van der Waals surface area contributed by atoms with Crippen LogP contribution in [0.5, 0.6) is 0 Å². The second kappa shape index (κ2) is 14.3. The topological polar surface area (TPSA) is 70.2 Å². The molecule has 2 amide bonds. The van der Waals surface area contributed by atoms with Crippen LogP contribution >= 0.6 is 23.2 Å². The van der Waals surface area contributed by atoms with Gasteiger partial charge in [0.25, 0.3) is 0 Å². The third-order valence-corrected chi connectivity index (χ3v) is 7.82. The van der Waals surface area contributed by atoms with Crippen LogP contribution in [0.15, 0.2) is 42.5 Å². The normalized spacial score (nSPS) is 21.8. The van der Waals surface area contributed by atoms with Gasteiger partial charge in [-0.15, -0.1) is 0 Å². The number of benzene rings is 2. The van der Waals surface area contributed by atoms with Crippen LogP contribution in [0.2, 0.25) is 10.0 Å². The van der Waals surface area contributed by atoms with E-state index >= 15 is 0 Å². The highest BCUT2D eigenvalue weighted by Gasteiger charge is 2.44. The second-order valence-corrected chi connectivity index (χ2v) is 12.4. The summed E-state index contributed by atoms with van der Waals surface area (Å²) in [5.41, 5.74) is 1.13. The van der Waals surface area contributed by atoms with Crippen LogP contribution in [0.1, 0.15) is 70.8 Å². The van der Waals surface area contributed by atoms with Crippen molar-refractivity contribution in [1.29, 1.82) is 0 Å². The fourth-order valence-corrected chi connectivity index (χ4v) is 5.92. The van der Waals surface area contributed by atoms with Crippen molar-refractivity contribution >= 4 is 41.2 Å². The lowest BCUT2D eigenvalue weighted by Crippen LogP contribution is -2.38. The van der Waals surface area contributed by atoms with Crippen molar-refractivity contribution in [3.8, 4) is 0 Å². The fraction of sp³-hybridized carbons (Fsp3) is 0.533. The van der Waals surface area contributed by atoms with Crippen molar-refractivity contribution in [1.82, 2.24) is 10.6 Å². The van der Waals surface area contributed by atoms with E-state index in [2.05, 4.69) is 36.7 Å². The molecule has 2 aliphatic rings. The number of nitrogens with one attached hydrogen (secondary N) is 3. The van der Waals surface area contributed by atoms with E-state index in [1.807, 2.05) is 0 Å². The summed E-state index contributed by atoms with van der Waals surface area (Å²) in [6.07, 6.45) is 8.30. The average molecular weight is 565 g/mol. The van der Waals surface area contributed by atoms with E-state index in [9.17, 15) is 14.0 Å².